The molecule has 0 aromatic heterocycles. The molecule has 1 unspecified atom stereocenters. The molecule has 0 aromatic carbocycles. The Morgan fingerprint density at radius 2 is 2.55 bits per heavy atom. The Labute approximate surface area is 66.0 Å². The highest BCUT2D eigenvalue weighted by molar-refractivity contribution is 5.54. The second-order valence-electron chi connectivity index (χ2n) is 2.45. The predicted molar refractivity (Wildman–Crippen MR) is 39.6 cm³/mol. The van der Waals surface area contributed by atoms with Gasteiger partial charge in [-0.05, 0) is 6.42 Å². The van der Waals surface area contributed by atoms with Crippen molar-refractivity contribution in [1.82, 2.24) is 0 Å². The first kappa shape index (κ1) is 8.11. The zero-order valence-corrected chi connectivity index (χ0v) is 6.58. The van der Waals surface area contributed by atoms with Crippen LogP contribution in [0, 0.1) is 0 Å². The van der Waals surface area contributed by atoms with E-state index in [0.29, 0.717) is 6.29 Å². The van der Waals surface area contributed by atoms with Crippen LogP contribution in [0.3, 0.4) is 0 Å². The number of carbonyl (C=O) groups is 1. The Morgan fingerprint density at radius 1 is 1.73 bits per heavy atom. The van der Waals surface area contributed by atoms with E-state index < -0.39 is 6.29 Å². The number of rotatable bonds is 4. The summed E-state index contributed by atoms with van der Waals surface area (Å²) < 4.78 is 9.94. The van der Waals surface area contributed by atoms with Crippen LogP contribution in [0.15, 0.2) is 12.0 Å². The molecular weight excluding hydrogens is 144 g/mol. The zero-order chi connectivity index (χ0) is 8.10. The number of aldehydes is 1. The molecule has 1 aliphatic heterocycles. The SMILES string of the molecule is CCCCC1=COC(C=O)O1. The van der Waals surface area contributed by atoms with Gasteiger partial charge in [0.15, 0.2) is 0 Å². The largest absolute Gasteiger partial charge is 0.452 e. The molecule has 0 saturated carbocycles. The van der Waals surface area contributed by atoms with Crippen LogP contribution >= 0.6 is 0 Å². The summed E-state index contributed by atoms with van der Waals surface area (Å²) >= 11 is 0. The fourth-order valence-electron chi connectivity index (χ4n) is 0.876. The molecule has 11 heavy (non-hydrogen) atoms. The summed E-state index contributed by atoms with van der Waals surface area (Å²) in [5.74, 6) is 0.781. The number of allylic oxidation sites excluding steroid dienone is 1. The highest BCUT2D eigenvalue weighted by Gasteiger charge is 2.16. The van der Waals surface area contributed by atoms with Crippen molar-refractivity contribution in [2.24, 2.45) is 0 Å². The smallest absolute Gasteiger partial charge is 0.296 e. The van der Waals surface area contributed by atoms with Gasteiger partial charge in [-0.15, -0.1) is 0 Å². The topological polar surface area (TPSA) is 35.5 Å². The maximum atomic E-state index is 10.1. The van der Waals surface area contributed by atoms with E-state index >= 15 is 0 Å². The van der Waals surface area contributed by atoms with Crippen LogP contribution in [0.25, 0.3) is 0 Å². The summed E-state index contributed by atoms with van der Waals surface area (Å²) in [6.07, 6.45) is 4.53. The molecular formula is C8H12O3. The summed E-state index contributed by atoms with van der Waals surface area (Å²) in [6.45, 7) is 2.10. The van der Waals surface area contributed by atoms with E-state index in [4.69, 9.17) is 9.47 Å². The molecule has 1 aliphatic rings. The molecule has 0 bridgehead atoms. The van der Waals surface area contributed by atoms with Gasteiger partial charge >= 0.3 is 0 Å². The van der Waals surface area contributed by atoms with Crippen molar-refractivity contribution in [3.63, 3.8) is 0 Å². The van der Waals surface area contributed by atoms with Crippen molar-refractivity contribution in [2.75, 3.05) is 0 Å². The van der Waals surface area contributed by atoms with Crippen LogP contribution in [0.1, 0.15) is 26.2 Å². The molecule has 0 N–H and O–H groups in total. The predicted octanol–water partition coefficient (Wildman–Crippen LogP) is 1.59. The Bertz CT molecular complexity index is 163. The minimum Gasteiger partial charge on any atom is -0.452 e. The fourth-order valence-corrected chi connectivity index (χ4v) is 0.876. The lowest BCUT2D eigenvalue weighted by Crippen LogP contribution is -2.08. The Kier molecular flexibility index (Phi) is 2.95. The number of hydrogen-bond donors (Lipinski definition) is 0. The molecule has 0 fully saturated rings. The zero-order valence-electron chi connectivity index (χ0n) is 6.58. The van der Waals surface area contributed by atoms with Crippen molar-refractivity contribution in [2.45, 2.75) is 32.5 Å². The van der Waals surface area contributed by atoms with E-state index in [0.717, 1.165) is 25.0 Å². The van der Waals surface area contributed by atoms with Gasteiger partial charge in [-0.3, -0.25) is 4.79 Å². The molecule has 1 rings (SSSR count). The van der Waals surface area contributed by atoms with Gasteiger partial charge in [0.25, 0.3) is 6.29 Å². The van der Waals surface area contributed by atoms with Crippen molar-refractivity contribution in [3.05, 3.63) is 12.0 Å². The lowest BCUT2D eigenvalue weighted by Gasteiger charge is -2.03. The molecule has 0 aromatic rings. The van der Waals surface area contributed by atoms with E-state index in [1.807, 2.05) is 0 Å². The van der Waals surface area contributed by atoms with Crippen LogP contribution in [0.5, 0.6) is 0 Å². The van der Waals surface area contributed by atoms with Crippen molar-refractivity contribution in [1.29, 1.82) is 0 Å². The first-order chi connectivity index (χ1) is 5.36. The normalized spacial score (nSPS) is 21.9. The number of carbonyl (C=O) groups excluding carboxylic acids is 1. The molecule has 1 heterocycles. The van der Waals surface area contributed by atoms with Crippen molar-refractivity contribution < 1.29 is 14.3 Å². The van der Waals surface area contributed by atoms with Gasteiger partial charge in [-0.1, -0.05) is 13.3 Å². The van der Waals surface area contributed by atoms with Crippen LogP contribution in [0.2, 0.25) is 0 Å². The van der Waals surface area contributed by atoms with Gasteiger partial charge in [0.2, 0.25) is 6.29 Å². The molecule has 3 nitrogen and oxygen atoms in total. The fraction of sp³-hybridized carbons (Fsp3) is 0.625. The maximum Gasteiger partial charge on any atom is 0.296 e. The van der Waals surface area contributed by atoms with Crippen LogP contribution in [-0.4, -0.2) is 12.6 Å². The quantitative estimate of drug-likeness (QED) is 0.580. The highest BCUT2D eigenvalue weighted by atomic mass is 16.7. The second-order valence-corrected chi connectivity index (χ2v) is 2.45. The molecule has 0 saturated heterocycles. The molecule has 3 heteroatoms. The van der Waals surface area contributed by atoms with Crippen molar-refractivity contribution >= 4 is 6.29 Å². The van der Waals surface area contributed by atoms with Crippen LogP contribution in [0.4, 0.5) is 0 Å². The molecule has 0 aliphatic carbocycles. The highest BCUT2D eigenvalue weighted by Crippen LogP contribution is 2.17. The van der Waals surface area contributed by atoms with Crippen LogP contribution in [-0.2, 0) is 14.3 Å². The van der Waals surface area contributed by atoms with Crippen LogP contribution < -0.4 is 0 Å². The Morgan fingerprint density at radius 3 is 3.09 bits per heavy atom. The van der Waals surface area contributed by atoms with E-state index in [1.54, 1.807) is 0 Å². The van der Waals surface area contributed by atoms with Gasteiger partial charge in [0, 0.05) is 6.42 Å². The molecule has 0 amide bonds. The average Bonchev–Trinajstić information content (AvgIpc) is 2.48. The molecule has 62 valence electrons. The molecule has 1 atom stereocenters. The van der Waals surface area contributed by atoms with E-state index in [2.05, 4.69) is 6.92 Å². The van der Waals surface area contributed by atoms with Gasteiger partial charge in [0.05, 0.1) is 0 Å². The summed E-state index contributed by atoms with van der Waals surface area (Å²) in [4.78, 5) is 10.1. The van der Waals surface area contributed by atoms with E-state index in [9.17, 15) is 4.79 Å². The van der Waals surface area contributed by atoms with E-state index in [1.165, 1.54) is 6.26 Å². The minimum absolute atomic E-state index is 0.648. The number of unbranched alkanes of at least 4 members (excludes halogenated alkanes) is 1. The number of hydrogen-bond acceptors (Lipinski definition) is 3. The lowest BCUT2D eigenvalue weighted by atomic mass is 10.2. The molecule has 0 spiro atoms. The van der Waals surface area contributed by atoms with E-state index in [-0.39, 0.29) is 0 Å². The Balaban J connectivity index is 2.22. The summed E-state index contributed by atoms with van der Waals surface area (Å²) in [5, 5.41) is 0. The maximum absolute atomic E-state index is 10.1. The second kappa shape index (κ2) is 4.01. The average molecular weight is 156 g/mol. The van der Waals surface area contributed by atoms with Crippen molar-refractivity contribution in [3.8, 4) is 0 Å². The lowest BCUT2D eigenvalue weighted by molar-refractivity contribution is -0.129. The first-order valence-corrected chi connectivity index (χ1v) is 3.83. The summed E-state index contributed by atoms with van der Waals surface area (Å²) in [6, 6.07) is 0. The third-order valence-corrected chi connectivity index (χ3v) is 1.49. The van der Waals surface area contributed by atoms with Gasteiger partial charge < -0.3 is 9.47 Å². The standard InChI is InChI=1S/C8H12O3/c1-2-3-4-7-6-10-8(5-9)11-7/h5-6,8H,2-4H2,1H3. The monoisotopic (exact) mass is 156 g/mol. The van der Waals surface area contributed by atoms with Gasteiger partial charge in [-0.2, -0.15) is 0 Å². The van der Waals surface area contributed by atoms with Gasteiger partial charge in [0.1, 0.15) is 12.0 Å². The summed E-state index contributed by atoms with van der Waals surface area (Å²) in [5.41, 5.74) is 0. The summed E-state index contributed by atoms with van der Waals surface area (Å²) in [7, 11) is 0. The minimum atomic E-state index is -0.693. The molecule has 0 radical (unpaired) electrons. The first-order valence-electron chi connectivity index (χ1n) is 3.83. The third-order valence-electron chi connectivity index (χ3n) is 1.49. The van der Waals surface area contributed by atoms with Gasteiger partial charge in [-0.25, -0.2) is 0 Å². The third kappa shape index (κ3) is 2.26. The Hall–Kier alpha value is -0.990. The number of ether oxygens (including phenoxy) is 2.